The maximum absolute atomic E-state index is 2.58. The Bertz CT molecular complexity index is 208. The molecule has 0 aliphatic heterocycles. The van der Waals surface area contributed by atoms with Gasteiger partial charge in [-0.05, 0) is 6.42 Å². The lowest BCUT2D eigenvalue weighted by Crippen LogP contribution is -2.21. The molecular formula is C13H32Si3. The first-order chi connectivity index (χ1) is 7.10. The average Bonchev–Trinajstić information content (AvgIpc) is 2.06. The second-order valence-corrected chi connectivity index (χ2v) is 21.8. The third-order valence-electron chi connectivity index (χ3n) is 2.88. The largest absolute Gasteiger partial charge is 0.102 e. The highest BCUT2D eigenvalue weighted by atomic mass is 28.3. The van der Waals surface area contributed by atoms with Gasteiger partial charge < -0.3 is 0 Å². The van der Waals surface area contributed by atoms with E-state index in [1.165, 1.54) is 24.6 Å². The van der Waals surface area contributed by atoms with E-state index < -0.39 is 24.9 Å². The number of allylic oxidation sites excluding steroid dienone is 1. The van der Waals surface area contributed by atoms with Gasteiger partial charge in [0.25, 0.3) is 0 Å². The summed E-state index contributed by atoms with van der Waals surface area (Å²) in [6.45, 7) is 17.4. The fourth-order valence-electron chi connectivity index (χ4n) is 1.60. The summed E-state index contributed by atoms with van der Waals surface area (Å²) in [5.74, 6) is 0. The van der Waals surface area contributed by atoms with E-state index in [4.69, 9.17) is 0 Å². The molecular weight excluding hydrogens is 240 g/mol. The Morgan fingerprint density at radius 1 is 0.875 bits per heavy atom. The quantitative estimate of drug-likeness (QED) is 0.572. The van der Waals surface area contributed by atoms with Crippen LogP contribution in [0.25, 0.3) is 0 Å². The van der Waals surface area contributed by atoms with Gasteiger partial charge in [0.2, 0.25) is 0 Å². The Morgan fingerprint density at radius 2 is 1.38 bits per heavy atom. The van der Waals surface area contributed by atoms with Crippen molar-refractivity contribution in [2.75, 3.05) is 0 Å². The van der Waals surface area contributed by atoms with Gasteiger partial charge >= 0.3 is 0 Å². The van der Waals surface area contributed by atoms with Gasteiger partial charge in [0.15, 0.2) is 0 Å². The molecule has 0 fully saturated rings. The summed E-state index contributed by atoms with van der Waals surface area (Å²) in [4.78, 5) is 0. The lowest BCUT2D eigenvalue weighted by molar-refractivity contribution is 1.16. The van der Waals surface area contributed by atoms with Crippen LogP contribution < -0.4 is 0 Å². The smallest absolute Gasteiger partial charge is 0.0577 e. The molecule has 0 amide bonds. The summed E-state index contributed by atoms with van der Waals surface area (Å²) < 4.78 is 0. The van der Waals surface area contributed by atoms with E-state index in [-0.39, 0.29) is 0 Å². The molecule has 3 heteroatoms. The van der Waals surface area contributed by atoms with Crippen molar-refractivity contribution in [2.24, 2.45) is 0 Å². The fourth-order valence-corrected chi connectivity index (χ4v) is 8.77. The molecule has 0 bridgehead atoms. The van der Waals surface area contributed by atoms with E-state index in [1.54, 1.807) is 0 Å². The average molecular weight is 273 g/mol. The molecule has 1 unspecified atom stereocenters. The van der Waals surface area contributed by atoms with Crippen molar-refractivity contribution in [3.05, 3.63) is 11.8 Å². The van der Waals surface area contributed by atoms with Crippen molar-refractivity contribution in [3.8, 4) is 0 Å². The fraction of sp³-hybridized carbons (Fsp3) is 0.846. The molecule has 0 aromatic heterocycles. The Balaban J connectivity index is 3.71. The van der Waals surface area contributed by atoms with Crippen LogP contribution in [0.4, 0.5) is 0 Å². The molecule has 0 aliphatic rings. The lowest BCUT2D eigenvalue weighted by Gasteiger charge is -2.17. The van der Waals surface area contributed by atoms with Crippen LogP contribution >= 0.6 is 0 Å². The summed E-state index contributed by atoms with van der Waals surface area (Å²) in [5.41, 5.74) is 2.58. The lowest BCUT2D eigenvalue weighted by atomic mass is 10.5. The Hall–Kier alpha value is 0.391. The predicted molar refractivity (Wildman–Crippen MR) is 87.9 cm³/mol. The number of hydrogen-bond donors (Lipinski definition) is 0. The van der Waals surface area contributed by atoms with Crippen LogP contribution in [0.15, 0.2) is 11.8 Å². The minimum atomic E-state index is -0.807. The first-order valence-electron chi connectivity index (χ1n) is 6.77. The van der Waals surface area contributed by atoms with Gasteiger partial charge in [-0.2, -0.15) is 0 Å². The van der Waals surface area contributed by atoms with Crippen LogP contribution in [-0.4, -0.2) is 24.9 Å². The van der Waals surface area contributed by atoms with Crippen molar-refractivity contribution in [1.29, 1.82) is 0 Å². The first-order valence-corrected chi connectivity index (χ1v) is 16.8. The van der Waals surface area contributed by atoms with Gasteiger partial charge in [0.05, 0.1) is 8.80 Å². The zero-order valence-electron chi connectivity index (χ0n) is 12.6. The zero-order valence-corrected chi connectivity index (χ0v) is 15.7. The van der Waals surface area contributed by atoms with Gasteiger partial charge in [0.1, 0.15) is 0 Å². The zero-order chi connectivity index (χ0) is 12.8. The third kappa shape index (κ3) is 12.5. The van der Waals surface area contributed by atoms with Gasteiger partial charge in [0, 0.05) is 16.1 Å². The van der Waals surface area contributed by atoms with Crippen molar-refractivity contribution < 1.29 is 0 Å². The minimum absolute atomic E-state index is 0.518. The number of hydrogen-bond acceptors (Lipinski definition) is 0. The Kier molecular flexibility index (Phi) is 7.14. The molecule has 0 nitrogen and oxygen atoms in total. The highest BCUT2D eigenvalue weighted by Gasteiger charge is 2.14. The summed E-state index contributed by atoms with van der Waals surface area (Å²) in [7, 11) is -2.11. The van der Waals surface area contributed by atoms with E-state index >= 15 is 0 Å². The molecule has 0 saturated carbocycles. The second kappa shape index (κ2) is 6.97. The normalized spacial score (nSPS) is 15.7. The summed E-state index contributed by atoms with van der Waals surface area (Å²) in [6.07, 6.45) is 3.82. The molecule has 0 N–H and O–H groups in total. The SMILES string of the molecule is C[SiH](C=CCC[Si](C)(C)C)CC[Si](C)(C)C. The molecule has 0 saturated heterocycles. The molecule has 0 aromatic carbocycles. The molecule has 0 heterocycles. The third-order valence-corrected chi connectivity index (χ3v) is 9.16. The molecule has 0 spiro atoms. The van der Waals surface area contributed by atoms with Crippen LogP contribution in [0.3, 0.4) is 0 Å². The second-order valence-electron chi connectivity index (χ2n) is 7.60. The van der Waals surface area contributed by atoms with Crippen molar-refractivity contribution in [3.63, 3.8) is 0 Å². The molecule has 0 aliphatic carbocycles. The molecule has 96 valence electrons. The van der Waals surface area contributed by atoms with Crippen LogP contribution in [0.5, 0.6) is 0 Å². The van der Waals surface area contributed by atoms with E-state index in [0.29, 0.717) is 0 Å². The van der Waals surface area contributed by atoms with E-state index in [0.717, 1.165) is 0 Å². The Labute approximate surface area is 107 Å². The maximum Gasteiger partial charge on any atom is 0.0577 e. The highest BCUT2D eigenvalue weighted by molar-refractivity contribution is 6.78. The molecule has 0 aromatic rings. The minimum Gasteiger partial charge on any atom is -0.102 e. The van der Waals surface area contributed by atoms with E-state index in [9.17, 15) is 0 Å². The summed E-state index contributed by atoms with van der Waals surface area (Å²) >= 11 is 0. The van der Waals surface area contributed by atoms with Crippen LogP contribution in [0.1, 0.15) is 6.42 Å². The van der Waals surface area contributed by atoms with Crippen LogP contribution in [0.2, 0.25) is 64.0 Å². The standard InChI is InChI=1S/C13H32Si3/c1-14(11-13-16(5,6)7)10-8-9-12-15(2,3)4/h8,10,14H,9,11-13H2,1-7H3. The highest BCUT2D eigenvalue weighted by Crippen LogP contribution is 2.15. The van der Waals surface area contributed by atoms with Crippen molar-refractivity contribution in [1.82, 2.24) is 0 Å². The molecule has 0 rings (SSSR count). The summed E-state index contributed by atoms with van der Waals surface area (Å²) in [5, 5.41) is 0. The molecule has 0 radical (unpaired) electrons. The van der Waals surface area contributed by atoms with Crippen LogP contribution in [0, 0.1) is 0 Å². The first kappa shape index (κ1) is 16.4. The molecule has 1 atom stereocenters. The maximum atomic E-state index is 2.58. The monoisotopic (exact) mass is 272 g/mol. The van der Waals surface area contributed by atoms with Crippen molar-refractivity contribution >= 4 is 24.9 Å². The number of rotatable bonds is 7. The van der Waals surface area contributed by atoms with Gasteiger partial charge in [-0.15, -0.1) is 5.70 Å². The topological polar surface area (TPSA) is 0 Å². The predicted octanol–water partition coefficient (Wildman–Crippen LogP) is 5.01. The Morgan fingerprint density at radius 3 is 1.81 bits per heavy atom. The van der Waals surface area contributed by atoms with E-state index in [1.807, 2.05) is 0 Å². The van der Waals surface area contributed by atoms with Crippen molar-refractivity contribution in [2.45, 2.75) is 70.4 Å². The summed E-state index contributed by atoms with van der Waals surface area (Å²) in [6, 6.07) is 4.51. The molecule has 16 heavy (non-hydrogen) atoms. The van der Waals surface area contributed by atoms with E-state index in [2.05, 4.69) is 57.6 Å². The van der Waals surface area contributed by atoms with Gasteiger partial charge in [-0.3, -0.25) is 0 Å². The van der Waals surface area contributed by atoms with Gasteiger partial charge in [-0.25, -0.2) is 0 Å². The van der Waals surface area contributed by atoms with Gasteiger partial charge in [-0.1, -0.05) is 70.0 Å². The van der Waals surface area contributed by atoms with Crippen LogP contribution in [-0.2, 0) is 0 Å².